The smallest absolute Gasteiger partial charge is 0.394 e. The van der Waals surface area contributed by atoms with Gasteiger partial charge in [0, 0.05) is 30.9 Å². The third kappa shape index (κ3) is 3.91. The van der Waals surface area contributed by atoms with Crippen LogP contribution in [0.25, 0.3) is 0 Å². The van der Waals surface area contributed by atoms with Gasteiger partial charge in [-0.1, -0.05) is 0 Å². The molecule has 2 N–H and O–H groups in total. The fourth-order valence-electron chi connectivity index (χ4n) is 2.58. The second kappa shape index (κ2) is 6.73. The quantitative estimate of drug-likeness (QED) is 0.805. The average Bonchev–Trinajstić information content (AvgIpc) is 2.92. The molecule has 0 aromatic heterocycles. The van der Waals surface area contributed by atoms with Crippen LogP contribution in [0.15, 0.2) is 12.1 Å². The fourth-order valence-corrected chi connectivity index (χ4v) is 2.58. The summed E-state index contributed by atoms with van der Waals surface area (Å²) in [6.07, 6.45) is -4.80. The molecule has 1 aliphatic heterocycles. The maximum absolute atomic E-state index is 13.6. The van der Waals surface area contributed by atoms with Gasteiger partial charge in [-0.25, -0.2) is 13.6 Å². The minimum atomic E-state index is -4.80. The van der Waals surface area contributed by atoms with Crippen LogP contribution in [0.5, 0.6) is 5.75 Å². The number of carbonyl (C=O) groups is 2. The summed E-state index contributed by atoms with van der Waals surface area (Å²) >= 11 is 0. The van der Waals surface area contributed by atoms with E-state index in [1.54, 1.807) is 0 Å². The first-order valence-corrected chi connectivity index (χ1v) is 6.93. The number of hydrogen-bond donors (Lipinski definition) is 2. The molecule has 11 heteroatoms. The van der Waals surface area contributed by atoms with Crippen molar-refractivity contribution in [2.75, 3.05) is 25.5 Å². The van der Waals surface area contributed by atoms with E-state index in [1.807, 2.05) is 5.32 Å². The highest BCUT2D eigenvalue weighted by Crippen LogP contribution is 2.38. The van der Waals surface area contributed by atoms with E-state index < -0.39 is 60.5 Å². The van der Waals surface area contributed by atoms with Crippen LogP contribution in [0.4, 0.5) is 32.4 Å². The summed E-state index contributed by atoms with van der Waals surface area (Å²) in [6.45, 7) is -1.54. The topological polar surface area (TPSA) is 78.9 Å². The van der Waals surface area contributed by atoms with Crippen molar-refractivity contribution in [2.24, 2.45) is 11.8 Å². The van der Waals surface area contributed by atoms with Crippen molar-refractivity contribution in [3.05, 3.63) is 23.8 Å². The number of hydrogen-bond acceptors (Lipinski definition) is 3. The van der Waals surface area contributed by atoms with Crippen LogP contribution in [0.3, 0.4) is 0 Å². The van der Waals surface area contributed by atoms with Crippen LogP contribution < -0.4 is 10.1 Å². The summed E-state index contributed by atoms with van der Waals surface area (Å²) in [4.78, 5) is 23.6. The number of alkyl halides is 3. The van der Waals surface area contributed by atoms with Gasteiger partial charge in [0.05, 0.1) is 18.9 Å². The summed E-state index contributed by atoms with van der Waals surface area (Å²) in [5.41, 5.74) is -0.344. The van der Waals surface area contributed by atoms with Crippen LogP contribution >= 0.6 is 0 Å². The van der Waals surface area contributed by atoms with E-state index in [4.69, 9.17) is 5.11 Å². The van der Waals surface area contributed by atoms with Crippen LogP contribution in [0.1, 0.15) is 0 Å². The molecule has 0 spiro atoms. The summed E-state index contributed by atoms with van der Waals surface area (Å²) < 4.78 is 70.3. The minimum Gasteiger partial charge on any atom is -0.491 e. The second-order valence-corrected chi connectivity index (χ2v) is 5.40. The van der Waals surface area contributed by atoms with Gasteiger partial charge in [0.2, 0.25) is 0 Å². The van der Waals surface area contributed by atoms with Crippen molar-refractivity contribution < 1.29 is 41.4 Å². The first-order chi connectivity index (χ1) is 11.5. The minimum absolute atomic E-state index is 0.344. The van der Waals surface area contributed by atoms with Gasteiger partial charge in [0.25, 0.3) is 0 Å². The number of carboxylic acid groups (broad SMARTS) is 1. The molecule has 0 aliphatic carbocycles. The van der Waals surface area contributed by atoms with Crippen molar-refractivity contribution >= 4 is 17.7 Å². The Labute approximate surface area is 138 Å². The van der Waals surface area contributed by atoms with Gasteiger partial charge in [0.1, 0.15) is 0 Å². The summed E-state index contributed by atoms with van der Waals surface area (Å²) in [5, 5.41) is 10.9. The van der Waals surface area contributed by atoms with Gasteiger partial charge >= 0.3 is 18.2 Å². The van der Waals surface area contributed by atoms with Crippen LogP contribution in [-0.2, 0) is 4.79 Å². The molecule has 1 fully saturated rings. The number of rotatable bonds is 3. The number of benzene rings is 1. The number of amides is 2. The number of halogens is 5. The number of carboxylic acids is 1. The molecule has 138 valence electrons. The molecule has 2 rings (SSSR count). The van der Waals surface area contributed by atoms with Crippen LogP contribution in [0.2, 0.25) is 0 Å². The molecule has 1 aromatic rings. The van der Waals surface area contributed by atoms with Gasteiger partial charge in [-0.05, 0) is 0 Å². The fraction of sp³-hybridized carbons (Fsp3) is 0.429. The lowest BCUT2D eigenvalue weighted by Gasteiger charge is -2.19. The molecular formula is C14H13F5N2O4. The number of methoxy groups -OCH3 is 1. The second-order valence-electron chi connectivity index (χ2n) is 5.40. The SMILES string of the molecule is COc1c(F)cc(NC(=O)N2C[C@@H](C(F)(F)F)[C@H](C(=O)O)C2)cc1F. The van der Waals surface area contributed by atoms with E-state index in [0.717, 1.165) is 19.2 Å². The molecule has 1 aromatic carbocycles. The predicted molar refractivity (Wildman–Crippen MR) is 74.2 cm³/mol. The van der Waals surface area contributed by atoms with Crippen LogP contribution in [-0.4, -0.2) is 48.4 Å². The maximum Gasteiger partial charge on any atom is 0.394 e. The molecule has 0 bridgehead atoms. The molecule has 2 atom stereocenters. The molecular weight excluding hydrogens is 355 g/mol. The Hall–Kier alpha value is -2.59. The third-order valence-corrected chi connectivity index (χ3v) is 3.80. The first-order valence-electron chi connectivity index (χ1n) is 6.93. The molecule has 0 radical (unpaired) electrons. The lowest BCUT2D eigenvalue weighted by atomic mass is 9.96. The summed E-state index contributed by atoms with van der Waals surface area (Å²) in [7, 11) is 1.04. The molecule has 0 unspecified atom stereocenters. The number of carbonyl (C=O) groups excluding carboxylic acids is 1. The molecule has 1 heterocycles. The van der Waals surface area contributed by atoms with Gasteiger partial charge < -0.3 is 20.1 Å². The average molecular weight is 368 g/mol. The number of nitrogens with one attached hydrogen (secondary N) is 1. The third-order valence-electron chi connectivity index (χ3n) is 3.80. The Balaban J connectivity index is 2.15. The molecule has 1 aliphatic rings. The Bertz CT molecular complexity index is 671. The zero-order valence-electron chi connectivity index (χ0n) is 12.7. The number of urea groups is 1. The van der Waals surface area contributed by atoms with Crippen molar-refractivity contribution in [1.29, 1.82) is 0 Å². The van der Waals surface area contributed by atoms with E-state index in [9.17, 15) is 31.5 Å². The Morgan fingerprint density at radius 3 is 2.20 bits per heavy atom. The van der Waals surface area contributed by atoms with Gasteiger partial charge in [-0.2, -0.15) is 13.2 Å². The van der Waals surface area contributed by atoms with Crippen molar-refractivity contribution in [3.8, 4) is 5.75 Å². The zero-order chi connectivity index (χ0) is 18.9. The van der Waals surface area contributed by atoms with Crippen LogP contribution in [0, 0.1) is 23.5 Å². The normalized spacial score (nSPS) is 20.5. The Morgan fingerprint density at radius 2 is 1.80 bits per heavy atom. The molecule has 1 saturated heterocycles. The standard InChI is InChI=1S/C14H13F5N2O4/c1-25-11-9(15)2-6(3-10(11)16)20-13(24)21-4-7(12(22)23)8(5-21)14(17,18)19/h2-3,7-8H,4-5H2,1H3,(H,20,24)(H,22,23)/t7-,8-/m1/s1. The maximum atomic E-state index is 13.6. The summed E-state index contributed by atoms with van der Waals surface area (Å²) in [6, 6.07) is 0.361. The monoisotopic (exact) mass is 368 g/mol. The van der Waals surface area contributed by atoms with E-state index in [2.05, 4.69) is 4.74 Å². The Kier molecular flexibility index (Phi) is 5.04. The number of aliphatic carboxylic acids is 1. The first kappa shape index (κ1) is 18.7. The van der Waals surface area contributed by atoms with E-state index in [-0.39, 0.29) is 5.69 Å². The van der Waals surface area contributed by atoms with Crippen molar-refractivity contribution in [3.63, 3.8) is 0 Å². The lowest BCUT2D eigenvalue weighted by Crippen LogP contribution is -2.35. The zero-order valence-corrected chi connectivity index (χ0v) is 12.7. The highest BCUT2D eigenvalue weighted by atomic mass is 19.4. The summed E-state index contributed by atoms with van der Waals surface area (Å²) in [5.74, 6) is -8.62. The highest BCUT2D eigenvalue weighted by molar-refractivity contribution is 5.90. The molecule has 2 amide bonds. The van der Waals surface area contributed by atoms with E-state index in [0.29, 0.717) is 4.90 Å². The van der Waals surface area contributed by atoms with E-state index in [1.165, 1.54) is 0 Å². The number of likely N-dealkylation sites (tertiary alicyclic amines) is 1. The molecule has 6 nitrogen and oxygen atoms in total. The van der Waals surface area contributed by atoms with Gasteiger partial charge in [0.15, 0.2) is 17.4 Å². The number of anilines is 1. The number of ether oxygens (including phenoxy) is 1. The Morgan fingerprint density at radius 1 is 1.24 bits per heavy atom. The number of nitrogens with zero attached hydrogens (tertiary/aromatic N) is 1. The van der Waals surface area contributed by atoms with E-state index >= 15 is 0 Å². The van der Waals surface area contributed by atoms with Crippen molar-refractivity contribution in [1.82, 2.24) is 4.90 Å². The van der Waals surface area contributed by atoms with Gasteiger partial charge in [-0.3, -0.25) is 4.79 Å². The van der Waals surface area contributed by atoms with Gasteiger partial charge in [-0.15, -0.1) is 0 Å². The lowest BCUT2D eigenvalue weighted by molar-refractivity contribution is -0.187. The molecule has 0 saturated carbocycles. The van der Waals surface area contributed by atoms with Crippen molar-refractivity contribution in [2.45, 2.75) is 6.18 Å². The predicted octanol–water partition coefficient (Wildman–Crippen LogP) is 2.70. The molecule has 25 heavy (non-hydrogen) atoms. The largest absolute Gasteiger partial charge is 0.491 e. The highest BCUT2D eigenvalue weighted by Gasteiger charge is 2.53.